The molecule has 4 rings (SSSR count). The first-order valence-corrected chi connectivity index (χ1v) is 14.4. The van der Waals surface area contributed by atoms with E-state index in [9.17, 15) is 31.9 Å². The van der Waals surface area contributed by atoms with Crippen molar-refractivity contribution in [2.75, 3.05) is 5.32 Å². The Balaban J connectivity index is 1.21. The van der Waals surface area contributed by atoms with Gasteiger partial charge in [-0.3, -0.25) is 19.4 Å². The van der Waals surface area contributed by atoms with E-state index >= 15 is 0 Å². The molecule has 1 heterocycles. The maximum absolute atomic E-state index is 14.8. The molecule has 0 saturated heterocycles. The van der Waals surface area contributed by atoms with Gasteiger partial charge >= 0.3 is 6.18 Å². The number of Topliss-reactive ketones (excluding diaryl/α,β-unsaturated/α-hetero) is 2. The highest BCUT2D eigenvalue weighted by atomic mass is 19.4. The highest BCUT2D eigenvalue weighted by Crippen LogP contribution is 2.33. The maximum atomic E-state index is 14.8. The van der Waals surface area contributed by atoms with E-state index in [4.69, 9.17) is 4.74 Å². The van der Waals surface area contributed by atoms with Crippen molar-refractivity contribution in [2.24, 2.45) is 5.92 Å². The Morgan fingerprint density at radius 3 is 2.28 bits per heavy atom. The van der Waals surface area contributed by atoms with Gasteiger partial charge in [0.1, 0.15) is 17.3 Å². The SMILES string of the molecule is CC(=O)Nc1cc(CCCC(=O)CCCc2ccc(Oc3ccnc(CCC(=O)C4CC4)c3)c(F)c2)cc(C(F)(F)F)c1. The van der Waals surface area contributed by atoms with Crippen molar-refractivity contribution in [3.05, 3.63) is 82.9 Å². The van der Waals surface area contributed by atoms with Crippen LogP contribution < -0.4 is 10.1 Å². The molecule has 1 aliphatic carbocycles. The van der Waals surface area contributed by atoms with Crippen LogP contribution in [0, 0.1) is 11.7 Å². The van der Waals surface area contributed by atoms with Crippen LogP contribution in [-0.2, 0) is 39.8 Å². The number of carbonyl (C=O) groups is 3. The Bertz CT molecular complexity index is 1470. The minimum absolute atomic E-state index is 0.0261. The van der Waals surface area contributed by atoms with Gasteiger partial charge in [-0.2, -0.15) is 13.2 Å². The Morgan fingerprint density at radius 2 is 1.63 bits per heavy atom. The number of hydrogen-bond acceptors (Lipinski definition) is 5. The highest BCUT2D eigenvalue weighted by Gasteiger charge is 2.31. The molecule has 0 radical (unpaired) electrons. The van der Waals surface area contributed by atoms with Gasteiger partial charge in [-0.15, -0.1) is 0 Å². The smallest absolute Gasteiger partial charge is 0.416 e. The van der Waals surface area contributed by atoms with E-state index in [1.54, 1.807) is 24.4 Å². The van der Waals surface area contributed by atoms with E-state index in [-0.39, 0.29) is 48.2 Å². The summed E-state index contributed by atoms with van der Waals surface area (Å²) in [5.41, 5.74) is 1.01. The van der Waals surface area contributed by atoms with Gasteiger partial charge in [-0.25, -0.2) is 4.39 Å². The summed E-state index contributed by atoms with van der Waals surface area (Å²) in [6.45, 7) is 1.22. The second-order valence-electron chi connectivity index (χ2n) is 10.9. The molecule has 0 spiro atoms. The first-order valence-electron chi connectivity index (χ1n) is 14.4. The molecular weight excluding hydrogens is 564 g/mol. The second-order valence-corrected chi connectivity index (χ2v) is 10.9. The molecular formula is C33H34F4N2O4. The van der Waals surface area contributed by atoms with Crippen LogP contribution >= 0.6 is 0 Å². The average molecular weight is 599 g/mol. The fourth-order valence-electron chi connectivity index (χ4n) is 4.81. The number of alkyl halides is 3. The van der Waals surface area contributed by atoms with Crippen LogP contribution in [0.4, 0.5) is 23.2 Å². The number of benzene rings is 2. The quantitative estimate of drug-likeness (QED) is 0.180. The molecule has 228 valence electrons. The van der Waals surface area contributed by atoms with Crippen molar-refractivity contribution in [3.8, 4) is 11.5 Å². The predicted molar refractivity (Wildman–Crippen MR) is 153 cm³/mol. The van der Waals surface area contributed by atoms with Gasteiger partial charge in [0.25, 0.3) is 0 Å². The second kappa shape index (κ2) is 14.4. The molecule has 1 saturated carbocycles. The molecule has 1 aromatic heterocycles. The van der Waals surface area contributed by atoms with Crippen LogP contribution in [0.25, 0.3) is 0 Å². The summed E-state index contributed by atoms with van der Waals surface area (Å²) in [7, 11) is 0. The predicted octanol–water partition coefficient (Wildman–Crippen LogP) is 7.82. The molecule has 0 aliphatic heterocycles. The van der Waals surface area contributed by atoms with Crippen LogP contribution in [-0.4, -0.2) is 22.5 Å². The number of ether oxygens (including phenoxy) is 1. The minimum Gasteiger partial charge on any atom is -0.454 e. The van der Waals surface area contributed by atoms with Crippen molar-refractivity contribution < 1.29 is 36.7 Å². The average Bonchev–Trinajstić information content (AvgIpc) is 3.78. The number of aromatic nitrogens is 1. The monoisotopic (exact) mass is 598 g/mol. The molecule has 0 unspecified atom stereocenters. The summed E-state index contributed by atoms with van der Waals surface area (Å²) in [4.78, 5) is 39.9. The van der Waals surface area contributed by atoms with Crippen LogP contribution in [0.5, 0.6) is 11.5 Å². The van der Waals surface area contributed by atoms with Gasteiger partial charge in [-0.1, -0.05) is 6.07 Å². The third-order valence-electron chi connectivity index (χ3n) is 7.15. The molecule has 0 atom stereocenters. The minimum atomic E-state index is -4.55. The van der Waals surface area contributed by atoms with Crippen molar-refractivity contribution >= 4 is 23.2 Å². The van der Waals surface area contributed by atoms with Crippen LogP contribution in [0.3, 0.4) is 0 Å². The largest absolute Gasteiger partial charge is 0.454 e. The van der Waals surface area contributed by atoms with Crippen LogP contribution in [0.2, 0.25) is 0 Å². The van der Waals surface area contributed by atoms with Crippen LogP contribution in [0.15, 0.2) is 54.7 Å². The maximum Gasteiger partial charge on any atom is 0.416 e. The molecule has 6 nitrogen and oxygen atoms in total. The molecule has 1 amide bonds. The highest BCUT2D eigenvalue weighted by molar-refractivity contribution is 5.88. The van der Waals surface area contributed by atoms with Crippen LogP contribution in [0.1, 0.15) is 74.3 Å². The lowest BCUT2D eigenvalue weighted by atomic mass is 10.0. The topological polar surface area (TPSA) is 85.4 Å². The fourth-order valence-corrected chi connectivity index (χ4v) is 4.81. The van der Waals surface area contributed by atoms with Gasteiger partial charge in [-0.05, 0) is 92.5 Å². The molecule has 3 aromatic rings. The summed E-state index contributed by atoms with van der Waals surface area (Å²) >= 11 is 0. The fraction of sp³-hybridized carbons (Fsp3) is 0.394. The summed E-state index contributed by atoms with van der Waals surface area (Å²) in [5.74, 6) is -0.0911. The molecule has 1 fully saturated rings. The lowest BCUT2D eigenvalue weighted by molar-refractivity contribution is -0.137. The zero-order valence-electron chi connectivity index (χ0n) is 23.9. The summed E-state index contributed by atoms with van der Waals surface area (Å²) in [6.07, 6.45) is 1.97. The normalized spacial score (nSPS) is 13.0. The third-order valence-corrected chi connectivity index (χ3v) is 7.15. The van der Waals surface area contributed by atoms with E-state index in [2.05, 4.69) is 10.3 Å². The number of nitrogens with zero attached hydrogens (tertiary/aromatic N) is 1. The Morgan fingerprint density at radius 1 is 0.907 bits per heavy atom. The zero-order chi connectivity index (χ0) is 31.0. The van der Waals surface area contributed by atoms with Gasteiger partial charge in [0.05, 0.1) is 5.56 Å². The molecule has 0 bridgehead atoms. The number of hydrogen-bond donors (Lipinski definition) is 1. The zero-order valence-corrected chi connectivity index (χ0v) is 23.9. The summed E-state index contributed by atoms with van der Waals surface area (Å²) in [5, 5.41) is 2.38. The molecule has 43 heavy (non-hydrogen) atoms. The number of carbonyl (C=O) groups excluding carboxylic acids is 3. The first kappa shape index (κ1) is 31.8. The van der Waals surface area contributed by atoms with E-state index in [1.165, 1.54) is 25.1 Å². The Kier molecular flexibility index (Phi) is 10.7. The lowest BCUT2D eigenvalue weighted by Crippen LogP contribution is -2.10. The first-order chi connectivity index (χ1) is 20.5. The van der Waals surface area contributed by atoms with E-state index in [1.807, 2.05) is 0 Å². The molecule has 10 heteroatoms. The van der Waals surface area contributed by atoms with Gasteiger partial charge in [0, 0.05) is 55.7 Å². The number of rotatable bonds is 15. The summed E-state index contributed by atoms with van der Waals surface area (Å²) in [6, 6.07) is 11.4. The number of aryl methyl sites for hydroxylation is 3. The van der Waals surface area contributed by atoms with E-state index in [0.29, 0.717) is 54.7 Å². The number of ketones is 2. The van der Waals surface area contributed by atoms with Gasteiger partial charge in [0.2, 0.25) is 5.91 Å². The number of anilines is 1. The standard InChI is InChI=1S/C33H34F4N2O4/c1-21(40)39-27-17-23(16-25(19-27)33(35,36)37)5-3-7-28(41)6-2-4-22-8-13-32(30(34)18-22)43-29-14-15-38-26(20-29)11-12-31(42)24-9-10-24/h8,13-20,24H,2-7,9-12H2,1H3,(H,39,40). The Hall–Kier alpha value is -4.08. The van der Waals surface area contributed by atoms with Gasteiger partial charge in [0.15, 0.2) is 11.6 Å². The van der Waals surface area contributed by atoms with Gasteiger partial charge < -0.3 is 10.1 Å². The summed E-state index contributed by atoms with van der Waals surface area (Å²) < 4.78 is 60.2. The molecule has 1 N–H and O–H groups in total. The Labute approximate surface area is 247 Å². The van der Waals surface area contributed by atoms with Crippen molar-refractivity contribution in [1.82, 2.24) is 4.98 Å². The number of nitrogens with one attached hydrogen (secondary N) is 1. The number of pyridine rings is 1. The van der Waals surface area contributed by atoms with E-state index < -0.39 is 23.5 Å². The lowest BCUT2D eigenvalue weighted by Gasteiger charge is -2.12. The third kappa shape index (κ3) is 10.3. The van der Waals surface area contributed by atoms with Crippen molar-refractivity contribution in [3.63, 3.8) is 0 Å². The molecule has 2 aromatic carbocycles. The van der Waals surface area contributed by atoms with E-state index in [0.717, 1.165) is 25.0 Å². The van der Waals surface area contributed by atoms with Crippen molar-refractivity contribution in [1.29, 1.82) is 0 Å². The number of halogens is 4. The number of amides is 1. The van der Waals surface area contributed by atoms with Crippen molar-refractivity contribution in [2.45, 2.75) is 77.3 Å². The molecule has 1 aliphatic rings.